The first-order chi connectivity index (χ1) is 12.4. The largest absolute Gasteiger partial charge is 0.478 e. The molecule has 26 heavy (non-hydrogen) atoms. The van der Waals surface area contributed by atoms with Crippen molar-refractivity contribution in [2.45, 2.75) is 29.1 Å². The third kappa shape index (κ3) is 2.87. The van der Waals surface area contributed by atoms with Crippen molar-refractivity contribution in [1.82, 2.24) is 4.31 Å². The Morgan fingerprint density at radius 1 is 1.23 bits per heavy atom. The maximum atomic E-state index is 12.8. The Balaban J connectivity index is 1.56. The molecular weight excluding hydrogens is 374 g/mol. The number of carbonyl (C=O) groups is 1. The molecule has 1 N–H and O–H groups in total. The van der Waals surface area contributed by atoms with Gasteiger partial charge < -0.3 is 9.84 Å². The third-order valence-electron chi connectivity index (χ3n) is 5.20. The number of aromatic carboxylic acids is 1. The minimum absolute atomic E-state index is 0.00611. The van der Waals surface area contributed by atoms with E-state index < -0.39 is 21.6 Å². The Morgan fingerprint density at radius 2 is 1.96 bits per heavy atom. The lowest BCUT2D eigenvalue weighted by molar-refractivity contribution is -0.0891. The second-order valence-corrected chi connectivity index (χ2v) is 9.69. The van der Waals surface area contributed by atoms with E-state index in [2.05, 4.69) is 12.1 Å². The molecule has 0 amide bonds. The Hall–Kier alpha value is -1.74. The van der Waals surface area contributed by atoms with Gasteiger partial charge in [0.1, 0.15) is 4.21 Å². The molecule has 1 spiro atoms. The fraction of sp³-hybridized carbons (Fsp3) is 0.389. The number of thiophene rings is 1. The fourth-order valence-electron chi connectivity index (χ4n) is 3.81. The topological polar surface area (TPSA) is 83.9 Å². The van der Waals surface area contributed by atoms with Gasteiger partial charge in [-0.2, -0.15) is 4.31 Å². The highest BCUT2D eigenvalue weighted by Gasteiger charge is 2.43. The molecule has 1 aromatic carbocycles. The van der Waals surface area contributed by atoms with Gasteiger partial charge in [-0.1, -0.05) is 24.3 Å². The summed E-state index contributed by atoms with van der Waals surface area (Å²) >= 11 is 0.952. The predicted molar refractivity (Wildman–Crippen MR) is 97.0 cm³/mol. The van der Waals surface area contributed by atoms with Gasteiger partial charge in [-0.3, -0.25) is 0 Å². The van der Waals surface area contributed by atoms with Crippen LogP contribution in [-0.4, -0.2) is 43.5 Å². The average molecular weight is 393 g/mol. The maximum absolute atomic E-state index is 12.8. The molecule has 0 aliphatic carbocycles. The van der Waals surface area contributed by atoms with Gasteiger partial charge in [0, 0.05) is 18.5 Å². The van der Waals surface area contributed by atoms with E-state index in [1.807, 2.05) is 12.1 Å². The van der Waals surface area contributed by atoms with Crippen LogP contribution in [0.25, 0.3) is 0 Å². The number of fused-ring (bicyclic) bond motifs is 2. The first-order valence-electron chi connectivity index (χ1n) is 8.47. The van der Waals surface area contributed by atoms with Crippen molar-refractivity contribution in [2.75, 3.05) is 19.7 Å². The molecule has 138 valence electrons. The monoisotopic (exact) mass is 393 g/mol. The number of hydrogen-bond acceptors (Lipinski definition) is 5. The third-order valence-corrected chi connectivity index (χ3v) is 8.52. The number of ether oxygens (including phenoxy) is 1. The van der Waals surface area contributed by atoms with Crippen molar-refractivity contribution < 1.29 is 23.1 Å². The summed E-state index contributed by atoms with van der Waals surface area (Å²) in [5.41, 5.74) is 2.04. The van der Waals surface area contributed by atoms with Crippen LogP contribution in [0, 0.1) is 0 Å². The van der Waals surface area contributed by atoms with Gasteiger partial charge in [0.15, 0.2) is 0 Å². The number of carboxylic acid groups (broad SMARTS) is 1. The Bertz CT molecular complexity index is 942. The van der Waals surface area contributed by atoms with Crippen LogP contribution in [0.1, 0.15) is 34.3 Å². The van der Waals surface area contributed by atoms with E-state index in [1.165, 1.54) is 26.9 Å². The summed E-state index contributed by atoms with van der Waals surface area (Å²) in [5.74, 6) is -1.12. The predicted octanol–water partition coefficient (Wildman–Crippen LogP) is 2.70. The van der Waals surface area contributed by atoms with Gasteiger partial charge in [0.05, 0.1) is 17.8 Å². The van der Waals surface area contributed by atoms with Gasteiger partial charge in [-0.05, 0) is 36.5 Å². The second-order valence-electron chi connectivity index (χ2n) is 6.61. The average Bonchev–Trinajstić information content (AvgIpc) is 3.14. The van der Waals surface area contributed by atoms with E-state index in [9.17, 15) is 13.2 Å². The molecule has 2 aromatic rings. The summed E-state index contributed by atoms with van der Waals surface area (Å²) in [6, 6.07) is 9.45. The highest BCUT2D eigenvalue weighted by atomic mass is 32.2. The summed E-state index contributed by atoms with van der Waals surface area (Å²) in [6.07, 6.45) is 2.08. The normalized spacial score (nSPS) is 20.0. The molecule has 0 saturated carbocycles. The number of hydrogen-bond donors (Lipinski definition) is 1. The molecule has 1 saturated heterocycles. The number of rotatable bonds is 3. The quantitative estimate of drug-likeness (QED) is 0.867. The number of sulfonamides is 1. The zero-order valence-electron chi connectivity index (χ0n) is 14.1. The van der Waals surface area contributed by atoms with Crippen LogP contribution < -0.4 is 0 Å². The lowest BCUT2D eigenvalue weighted by Gasteiger charge is -2.44. The van der Waals surface area contributed by atoms with Crippen molar-refractivity contribution in [2.24, 2.45) is 0 Å². The van der Waals surface area contributed by atoms with Crippen LogP contribution in [0.2, 0.25) is 0 Å². The van der Waals surface area contributed by atoms with E-state index in [-0.39, 0.29) is 9.77 Å². The molecule has 6 nitrogen and oxygen atoms in total. The lowest BCUT2D eigenvalue weighted by atomic mass is 9.80. The molecule has 8 heteroatoms. The van der Waals surface area contributed by atoms with Crippen molar-refractivity contribution in [3.05, 3.63) is 52.4 Å². The van der Waals surface area contributed by atoms with Crippen molar-refractivity contribution >= 4 is 27.3 Å². The van der Waals surface area contributed by atoms with E-state index in [4.69, 9.17) is 9.84 Å². The van der Waals surface area contributed by atoms with E-state index in [0.29, 0.717) is 32.5 Å². The Labute approximate surface area is 156 Å². The number of nitrogens with zero attached hydrogens (tertiary/aromatic N) is 1. The second kappa shape index (κ2) is 6.45. The summed E-state index contributed by atoms with van der Waals surface area (Å²) in [6.45, 7) is 1.37. The van der Waals surface area contributed by atoms with Crippen LogP contribution in [0.5, 0.6) is 0 Å². The summed E-state index contributed by atoms with van der Waals surface area (Å²) in [7, 11) is -3.67. The molecule has 1 aromatic heterocycles. The SMILES string of the molecule is O=C(O)c1csc(S(=O)(=O)N2CCC3(CC2)OCCc2ccccc23)c1. The summed E-state index contributed by atoms with van der Waals surface area (Å²) in [5, 5.41) is 10.4. The number of carboxylic acids is 1. The highest BCUT2D eigenvalue weighted by molar-refractivity contribution is 7.91. The molecule has 0 radical (unpaired) electrons. The molecule has 0 bridgehead atoms. The molecular formula is C18H19NO5S2. The molecule has 0 unspecified atom stereocenters. The van der Waals surface area contributed by atoms with Gasteiger partial charge in [0.2, 0.25) is 0 Å². The molecule has 2 aliphatic heterocycles. The van der Waals surface area contributed by atoms with E-state index in [1.54, 1.807) is 0 Å². The fourth-order valence-corrected chi connectivity index (χ4v) is 6.56. The minimum atomic E-state index is -3.67. The number of piperidine rings is 1. The smallest absolute Gasteiger partial charge is 0.336 e. The standard InChI is InChI=1S/C18H19NO5S2/c20-17(21)14-11-16(25-12-14)26(22,23)19-8-6-18(7-9-19)15-4-2-1-3-13(15)5-10-24-18/h1-4,11-12H,5-10H2,(H,20,21). The van der Waals surface area contributed by atoms with Crippen LogP contribution in [0.4, 0.5) is 0 Å². The summed E-state index contributed by atoms with van der Waals surface area (Å²) < 4.78 is 33.3. The van der Waals surface area contributed by atoms with Crippen LogP contribution >= 0.6 is 11.3 Å². The van der Waals surface area contributed by atoms with Gasteiger partial charge in [-0.25, -0.2) is 13.2 Å². The first-order valence-corrected chi connectivity index (χ1v) is 10.8. The van der Waals surface area contributed by atoms with Crippen LogP contribution in [-0.2, 0) is 26.8 Å². The molecule has 0 atom stereocenters. The van der Waals surface area contributed by atoms with Crippen molar-refractivity contribution in [3.63, 3.8) is 0 Å². The Morgan fingerprint density at radius 3 is 2.65 bits per heavy atom. The molecule has 3 heterocycles. The highest BCUT2D eigenvalue weighted by Crippen LogP contribution is 2.42. The van der Waals surface area contributed by atoms with Crippen LogP contribution in [0.3, 0.4) is 0 Å². The van der Waals surface area contributed by atoms with Gasteiger partial charge >= 0.3 is 5.97 Å². The van der Waals surface area contributed by atoms with Crippen LogP contribution in [0.15, 0.2) is 39.9 Å². The van der Waals surface area contributed by atoms with Crippen molar-refractivity contribution in [3.8, 4) is 0 Å². The molecule has 4 rings (SSSR count). The zero-order chi connectivity index (χ0) is 18.4. The molecule has 2 aliphatic rings. The number of benzene rings is 1. The van der Waals surface area contributed by atoms with E-state index in [0.717, 1.165) is 17.8 Å². The first kappa shape index (κ1) is 17.7. The van der Waals surface area contributed by atoms with Crippen molar-refractivity contribution in [1.29, 1.82) is 0 Å². The maximum Gasteiger partial charge on any atom is 0.336 e. The van der Waals surface area contributed by atoms with E-state index >= 15 is 0 Å². The van der Waals surface area contributed by atoms with Gasteiger partial charge in [0.25, 0.3) is 10.0 Å². The zero-order valence-corrected chi connectivity index (χ0v) is 15.7. The Kier molecular flexibility index (Phi) is 4.38. The lowest BCUT2D eigenvalue weighted by Crippen LogP contribution is -2.48. The van der Waals surface area contributed by atoms with Gasteiger partial charge in [-0.15, -0.1) is 11.3 Å². The minimum Gasteiger partial charge on any atom is -0.478 e. The summed E-state index contributed by atoms with van der Waals surface area (Å²) in [4.78, 5) is 11.0. The molecule has 1 fully saturated rings.